The Hall–Kier alpha value is 0.830. The van der Waals surface area contributed by atoms with Crippen molar-refractivity contribution >= 4 is 10.1 Å². The van der Waals surface area contributed by atoms with Crippen molar-refractivity contribution in [1.82, 2.24) is 0 Å². The average Bonchev–Trinajstić information content (AvgIpc) is 1.60. The topological polar surface area (TPSA) is 97.7 Å². The summed E-state index contributed by atoms with van der Waals surface area (Å²) < 4.78 is 30.3. The molecule has 0 aliphatic heterocycles. The van der Waals surface area contributed by atoms with Crippen LogP contribution in [0.15, 0.2) is 0 Å². The van der Waals surface area contributed by atoms with Crippen LogP contribution in [0, 0.1) is 0 Å². The number of aliphatic hydroxyl groups excluding tert-OH is 1. The summed E-state index contributed by atoms with van der Waals surface area (Å²) in [5.41, 5.74) is 0. The van der Waals surface area contributed by atoms with E-state index in [0.29, 0.717) is 0 Å². The predicted octanol–water partition coefficient (Wildman–Crippen LogP) is -4.38. The molecule has 62 valence electrons. The first-order valence-electron chi connectivity index (χ1n) is 2.65. The molecule has 0 bridgehead atoms. The Labute approximate surface area is 87.5 Å². The van der Waals surface area contributed by atoms with Crippen molar-refractivity contribution in [2.24, 2.45) is 0 Å². The van der Waals surface area contributed by atoms with Crippen LogP contribution in [-0.2, 0) is 10.1 Å². The van der Waals surface area contributed by atoms with Gasteiger partial charge in [0.15, 0.2) is 6.29 Å². The molecule has 0 aromatic heterocycles. The number of rotatable bonds is 3. The third kappa shape index (κ3) is 7.20. The maximum Gasteiger partial charge on any atom is 1.00 e. The van der Waals surface area contributed by atoms with E-state index in [4.69, 9.17) is 10.2 Å². The van der Waals surface area contributed by atoms with E-state index in [1.54, 1.807) is 0 Å². The summed E-state index contributed by atoms with van der Waals surface area (Å²) in [6.07, 6.45) is -2.18. The molecule has 0 saturated carbocycles. The second-order valence-electron chi connectivity index (χ2n) is 2.02. The second-order valence-corrected chi connectivity index (χ2v) is 3.81. The molecule has 0 aromatic rings. The average molecular weight is 192 g/mol. The molecule has 7 heteroatoms. The smallest absolute Gasteiger partial charge is 0.748 e. The van der Waals surface area contributed by atoms with E-state index in [-0.39, 0.29) is 29.6 Å². The zero-order chi connectivity index (χ0) is 8.36. The van der Waals surface area contributed by atoms with Gasteiger partial charge >= 0.3 is 29.6 Å². The van der Waals surface area contributed by atoms with Crippen LogP contribution in [0.25, 0.3) is 0 Å². The minimum atomic E-state index is -4.37. The van der Waals surface area contributed by atoms with Gasteiger partial charge in [0.05, 0.1) is 15.4 Å². The van der Waals surface area contributed by atoms with Crippen molar-refractivity contribution in [2.75, 3.05) is 0 Å². The van der Waals surface area contributed by atoms with Gasteiger partial charge in [-0.2, -0.15) is 0 Å². The fourth-order valence-electron chi connectivity index (χ4n) is 0.415. The van der Waals surface area contributed by atoms with E-state index in [1.165, 1.54) is 0 Å². The van der Waals surface area contributed by atoms with Gasteiger partial charge in [-0.1, -0.05) is 0 Å². The van der Waals surface area contributed by atoms with Gasteiger partial charge < -0.3 is 14.8 Å². The Morgan fingerprint density at radius 2 is 1.82 bits per heavy atom. The monoisotopic (exact) mass is 192 g/mol. The molecule has 0 fully saturated rings. The van der Waals surface area contributed by atoms with Crippen molar-refractivity contribution in [3.8, 4) is 0 Å². The summed E-state index contributed by atoms with van der Waals surface area (Å²) in [6, 6.07) is 0. The van der Waals surface area contributed by atoms with E-state index < -0.39 is 28.1 Å². The van der Waals surface area contributed by atoms with Gasteiger partial charge in [0, 0.05) is 6.42 Å². The SMILES string of the molecule is CC(CC(O)O)S(=O)(=O)[O-].[Na+]. The van der Waals surface area contributed by atoms with Crippen molar-refractivity contribution in [1.29, 1.82) is 0 Å². The first-order valence-corrected chi connectivity index (χ1v) is 4.12. The van der Waals surface area contributed by atoms with Crippen LogP contribution in [-0.4, -0.2) is 34.7 Å². The predicted molar refractivity (Wildman–Crippen MR) is 32.0 cm³/mol. The minimum absolute atomic E-state index is 0. The summed E-state index contributed by atoms with van der Waals surface area (Å²) in [4.78, 5) is 0. The van der Waals surface area contributed by atoms with Crippen LogP contribution < -0.4 is 29.6 Å². The van der Waals surface area contributed by atoms with Crippen LogP contribution >= 0.6 is 0 Å². The molecule has 0 aromatic carbocycles. The van der Waals surface area contributed by atoms with Crippen LogP contribution in [0.5, 0.6) is 0 Å². The number of aliphatic hydroxyl groups is 2. The largest absolute Gasteiger partial charge is 1.00 e. The zero-order valence-corrected chi connectivity index (χ0v) is 9.21. The van der Waals surface area contributed by atoms with Gasteiger partial charge in [-0.05, 0) is 6.92 Å². The van der Waals surface area contributed by atoms with Gasteiger partial charge in [0.1, 0.15) is 0 Å². The van der Waals surface area contributed by atoms with Gasteiger partial charge in [-0.3, -0.25) is 0 Å². The number of hydrogen-bond acceptors (Lipinski definition) is 5. The summed E-state index contributed by atoms with van der Waals surface area (Å²) in [7, 11) is -4.37. The molecule has 1 unspecified atom stereocenters. The maximum atomic E-state index is 10.1. The molecule has 0 aliphatic carbocycles. The van der Waals surface area contributed by atoms with Crippen molar-refractivity contribution in [3.63, 3.8) is 0 Å². The minimum Gasteiger partial charge on any atom is -0.748 e. The van der Waals surface area contributed by atoms with Crippen LogP contribution in [0.2, 0.25) is 0 Å². The fourth-order valence-corrected chi connectivity index (χ4v) is 0.823. The van der Waals surface area contributed by atoms with E-state index in [1.807, 2.05) is 0 Å². The van der Waals surface area contributed by atoms with Crippen molar-refractivity contribution in [2.45, 2.75) is 24.9 Å². The first kappa shape index (κ1) is 14.4. The van der Waals surface area contributed by atoms with E-state index >= 15 is 0 Å². The zero-order valence-electron chi connectivity index (χ0n) is 6.39. The maximum absolute atomic E-state index is 10.1. The third-order valence-corrected chi connectivity index (χ3v) is 2.21. The molecule has 0 spiro atoms. The number of hydrogen-bond donors (Lipinski definition) is 2. The Kier molecular flexibility index (Phi) is 7.14. The molecule has 5 nitrogen and oxygen atoms in total. The van der Waals surface area contributed by atoms with E-state index in [9.17, 15) is 13.0 Å². The molecular formula is C4H9NaO5S. The van der Waals surface area contributed by atoms with Crippen LogP contribution in [0.3, 0.4) is 0 Å². The fraction of sp³-hybridized carbons (Fsp3) is 1.00. The second kappa shape index (κ2) is 5.47. The molecule has 0 heterocycles. The third-order valence-electron chi connectivity index (χ3n) is 1.04. The summed E-state index contributed by atoms with van der Waals surface area (Å²) in [6.45, 7) is 1.13. The first-order chi connectivity index (χ1) is 4.34. The van der Waals surface area contributed by atoms with E-state index in [0.717, 1.165) is 6.92 Å². The summed E-state index contributed by atoms with van der Waals surface area (Å²) >= 11 is 0. The summed E-state index contributed by atoms with van der Waals surface area (Å²) in [5.74, 6) is 0. The van der Waals surface area contributed by atoms with Gasteiger partial charge in [-0.15, -0.1) is 0 Å². The molecule has 2 N–H and O–H groups in total. The molecule has 0 amide bonds. The van der Waals surface area contributed by atoms with E-state index in [2.05, 4.69) is 0 Å². The molecule has 0 radical (unpaired) electrons. The van der Waals surface area contributed by atoms with Crippen molar-refractivity contribution < 1.29 is 52.7 Å². The summed E-state index contributed by atoms with van der Waals surface area (Å²) in [5, 5.41) is 15.2. The molecular weight excluding hydrogens is 183 g/mol. The molecule has 0 aliphatic rings. The van der Waals surface area contributed by atoms with Gasteiger partial charge in [-0.25, -0.2) is 8.42 Å². The molecule has 0 saturated heterocycles. The normalized spacial score (nSPS) is 14.3. The Morgan fingerprint density at radius 3 is 1.91 bits per heavy atom. The molecule has 11 heavy (non-hydrogen) atoms. The van der Waals surface area contributed by atoms with Crippen molar-refractivity contribution in [3.05, 3.63) is 0 Å². The van der Waals surface area contributed by atoms with Crippen LogP contribution in [0.1, 0.15) is 13.3 Å². The standard InChI is InChI=1S/C4H10O5S.Na/c1-3(2-4(5)6)10(7,8)9;/h3-6H,2H2,1H3,(H,7,8,9);/q;+1/p-1. The van der Waals surface area contributed by atoms with Gasteiger partial charge in [0.2, 0.25) is 0 Å². The molecule has 0 rings (SSSR count). The molecule has 1 atom stereocenters. The van der Waals surface area contributed by atoms with Gasteiger partial charge in [0.25, 0.3) is 0 Å². The Balaban J connectivity index is 0. The quantitative estimate of drug-likeness (QED) is 0.267. The Bertz CT molecular complexity index is 187. The van der Waals surface area contributed by atoms with Crippen LogP contribution in [0.4, 0.5) is 0 Å². The Morgan fingerprint density at radius 1 is 1.45 bits per heavy atom.